The van der Waals surface area contributed by atoms with Crippen molar-refractivity contribution >= 4 is 0 Å². The highest BCUT2D eigenvalue weighted by Crippen LogP contribution is 2.45. The molecule has 0 bridgehead atoms. The van der Waals surface area contributed by atoms with E-state index in [1.165, 1.54) is 12.1 Å². The fourth-order valence-corrected chi connectivity index (χ4v) is 4.69. The second-order valence-electron chi connectivity index (χ2n) is 8.89. The first-order chi connectivity index (χ1) is 17.0. The first-order valence-corrected chi connectivity index (χ1v) is 11.9. The van der Waals surface area contributed by atoms with Crippen LogP contribution in [0.5, 0.6) is 11.5 Å². The average molecular weight is 475 g/mol. The normalized spacial score (nSPS) is 16.7. The van der Waals surface area contributed by atoms with Crippen LogP contribution in [0.2, 0.25) is 0 Å². The summed E-state index contributed by atoms with van der Waals surface area (Å²) < 4.78 is 31.1. The molecular formula is C29H31FN2O3. The summed E-state index contributed by atoms with van der Waals surface area (Å²) in [5, 5.41) is 9.27. The van der Waals surface area contributed by atoms with E-state index in [9.17, 15) is 9.65 Å². The molecule has 0 N–H and O–H groups in total. The standard InChI is InChI=1S/C29H31FN2O3/c1-32(16-5-17-34-27-7-3-6-26(19-27)33-2)15-4-14-29(24-9-11-25(30)12-10-24)28-13-8-22(20-31)18-23(28)21-35-29/h3,6-13,18-19H,4-5,14-17,21H2,1-2H3. The molecular weight excluding hydrogens is 443 g/mol. The van der Waals surface area contributed by atoms with Crippen molar-refractivity contribution in [3.8, 4) is 17.6 Å². The van der Waals surface area contributed by atoms with Crippen LogP contribution in [-0.2, 0) is 16.9 Å². The SMILES string of the molecule is COc1cccc(OCCCN(C)CCCC2(c3ccc(F)cc3)OCc3cc(C#N)ccc32)c1. The van der Waals surface area contributed by atoms with Crippen LogP contribution in [0.4, 0.5) is 4.39 Å². The smallest absolute Gasteiger partial charge is 0.123 e. The molecule has 6 heteroatoms. The number of hydrogen-bond donors (Lipinski definition) is 0. The lowest BCUT2D eigenvalue weighted by Crippen LogP contribution is -2.30. The molecule has 1 aliphatic rings. The second kappa shape index (κ2) is 11.4. The molecule has 1 atom stereocenters. The Morgan fingerprint density at radius 1 is 1.03 bits per heavy atom. The molecule has 0 saturated heterocycles. The van der Waals surface area contributed by atoms with E-state index in [4.69, 9.17) is 14.2 Å². The van der Waals surface area contributed by atoms with Gasteiger partial charge in [0.2, 0.25) is 0 Å². The molecule has 0 fully saturated rings. The predicted octanol–water partition coefficient (Wildman–Crippen LogP) is 5.66. The highest BCUT2D eigenvalue weighted by molar-refractivity contribution is 5.48. The van der Waals surface area contributed by atoms with Gasteiger partial charge >= 0.3 is 0 Å². The van der Waals surface area contributed by atoms with E-state index in [2.05, 4.69) is 18.0 Å². The van der Waals surface area contributed by atoms with Crippen LogP contribution in [-0.4, -0.2) is 38.8 Å². The van der Waals surface area contributed by atoms with E-state index in [1.54, 1.807) is 7.11 Å². The predicted molar refractivity (Wildman–Crippen MR) is 133 cm³/mol. The molecule has 1 unspecified atom stereocenters. The Balaban J connectivity index is 1.34. The molecule has 0 spiro atoms. The lowest BCUT2D eigenvalue weighted by Gasteiger charge is -2.31. The van der Waals surface area contributed by atoms with Crippen molar-refractivity contribution in [1.82, 2.24) is 4.90 Å². The Labute approximate surface area is 206 Å². The molecule has 0 radical (unpaired) electrons. The number of nitrogens with zero attached hydrogens (tertiary/aromatic N) is 2. The molecule has 0 amide bonds. The number of benzene rings is 3. The molecule has 0 saturated carbocycles. The van der Waals surface area contributed by atoms with Crippen LogP contribution in [0.1, 0.15) is 41.5 Å². The van der Waals surface area contributed by atoms with Gasteiger partial charge in [0.15, 0.2) is 0 Å². The number of methoxy groups -OCH3 is 1. The van der Waals surface area contributed by atoms with Crippen LogP contribution in [0, 0.1) is 17.1 Å². The van der Waals surface area contributed by atoms with Gasteiger partial charge in [-0.1, -0.05) is 24.3 Å². The highest BCUT2D eigenvalue weighted by Gasteiger charge is 2.41. The van der Waals surface area contributed by atoms with Gasteiger partial charge < -0.3 is 19.1 Å². The summed E-state index contributed by atoms with van der Waals surface area (Å²) in [7, 11) is 3.76. The Bertz CT molecular complexity index is 1180. The second-order valence-corrected chi connectivity index (χ2v) is 8.89. The maximum atomic E-state index is 13.6. The molecule has 5 nitrogen and oxygen atoms in total. The van der Waals surface area contributed by atoms with E-state index in [0.717, 1.165) is 60.5 Å². The van der Waals surface area contributed by atoms with Crippen molar-refractivity contribution in [3.63, 3.8) is 0 Å². The van der Waals surface area contributed by atoms with Crippen LogP contribution < -0.4 is 9.47 Å². The maximum absolute atomic E-state index is 13.6. The first-order valence-electron chi connectivity index (χ1n) is 11.9. The van der Waals surface area contributed by atoms with Crippen molar-refractivity contribution in [2.24, 2.45) is 0 Å². The fraction of sp³-hybridized carbons (Fsp3) is 0.345. The van der Waals surface area contributed by atoms with Gasteiger partial charge in [0.05, 0.1) is 32.0 Å². The number of hydrogen-bond acceptors (Lipinski definition) is 5. The quantitative estimate of drug-likeness (QED) is 0.336. The Morgan fingerprint density at radius 2 is 1.80 bits per heavy atom. The van der Waals surface area contributed by atoms with Crippen LogP contribution in [0.25, 0.3) is 0 Å². The minimum atomic E-state index is -0.632. The number of nitriles is 1. The molecule has 1 aliphatic heterocycles. The van der Waals surface area contributed by atoms with E-state index >= 15 is 0 Å². The van der Waals surface area contributed by atoms with Crippen LogP contribution in [0.15, 0.2) is 66.7 Å². The summed E-state index contributed by atoms with van der Waals surface area (Å²) >= 11 is 0. The molecule has 1 heterocycles. The van der Waals surface area contributed by atoms with Gasteiger partial charge in [-0.05, 0) is 85.9 Å². The van der Waals surface area contributed by atoms with Gasteiger partial charge in [-0.2, -0.15) is 5.26 Å². The summed E-state index contributed by atoms with van der Waals surface area (Å²) in [6.45, 7) is 2.89. The van der Waals surface area contributed by atoms with E-state index in [-0.39, 0.29) is 5.82 Å². The van der Waals surface area contributed by atoms with Crippen molar-refractivity contribution in [2.45, 2.75) is 31.5 Å². The zero-order valence-electron chi connectivity index (χ0n) is 20.3. The highest BCUT2D eigenvalue weighted by atomic mass is 19.1. The summed E-state index contributed by atoms with van der Waals surface area (Å²) in [6.07, 6.45) is 2.58. The minimum Gasteiger partial charge on any atom is -0.497 e. The van der Waals surface area contributed by atoms with Crippen LogP contribution in [0.3, 0.4) is 0 Å². The topological polar surface area (TPSA) is 54.7 Å². The third-order valence-corrected chi connectivity index (χ3v) is 6.52. The third kappa shape index (κ3) is 5.82. The minimum absolute atomic E-state index is 0.266. The summed E-state index contributed by atoms with van der Waals surface area (Å²) in [4.78, 5) is 2.29. The van der Waals surface area contributed by atoms with Crippen molar-refractivity contribution in [3.05, 3.63) is 94.8 Å². The van der Waals surface area contributed by atoms with E-state index in [1.807, 2.05) is 54.6 Å². The van der Waals surface area contributed by atoms with Gasteiger partial charge in [0, 0.05) is 12.6 Å². The summed E-state index contributed by atoms with van der Waals surface area (Å²) in [5.74, 6) is 1.33. The summed E-state index contributed by atoms with van der Waals surface area (Å²) in [6, 6.07) is 22.1. The first kappa shape index (κ1) is 24.7. The number of ether oxygens (including phenoxy) is 3. The molecule has 0 aromatic heterocycles. The van der Waals surface area contributed by atoms with E-state index in [0.29, 0.717) is 18.8 Å². The number of fused-ring (bicyclic) bond motifs is 1. The molecule has 182 valence electrons. The monoisotopic (exact) mass is 474 g/mol. The van der Waals surface area contributed by atoms with Crippen molar-refractivity contribution in [1.29, 1.82) is 5.26 Å². The van der Waals surface area contributed by atoms with Gasteiger partial charge in [-0.25, -0.2) is 4.39 Å². The Kier molecular flexibility index (Phi) is 8.02. The molecule has 4 rings (SSSR count). The zero-order valence-corrected chi connectivity index (χ0v) is 20.3. The number of halogens is 1. The zero-order chi connectivity index (χ0) is 24.7. The lowest BCUT2D eigenvalue weighted by molar-refractivity contribution is -0.0143. The van der Waals surface area contributed by atoms with E-state index < -0.39 is 5.60 Å². The van der Waals surface area contributed by atoms with Gasteiger partial charge in [-0.15, -0.1) is 0 Å². The molecule has 0 aliphatic carbocycles. The Hall–Kier alpha value is -3.40. The van der Waals surface area contributed by atoms with Gasteiger partial charge in [-0.3, -0.25) is 0 Å². The molecule has 35 heavy (non-hydrogen) atoms. The molecule has 3 aromatic rings. The number of rotatable bonds is 11. The third-order valence-electron chi connectivity index (χ3n) is 6.52. The molecule has 3 aromatic carbocycles. The van der Waals surface area contributed by atoms with Crippen molar-refractivity contribution < 1.29 is 18.6 Å². The lowest BCUT2D eigenvalue weighted by atomic mass is 9.81. The maximum Gasteiger partial charge on any atom is 0.123 e. The van der Waals surface area contributed by atoms with Gasteiger partial charge in [0.25, 0.3) is 0 Å². The average Bonchev–Trinajstić information content (AvgIpc) is 3.25. The van der Waals surface area contributed by atoms with Crippen molar-refractivity contribution in [2.75, 3.05) is 33.9 Å². The Morgan fingerprint density at radius 3 is 2.57 bits per heavy atom. The fourth-order valence-electron chi connectivity index (χ4n) is 4.69. The largest absolute Gasteiger partial charge is 0.497 e. The van der Waals surface area contributed by atoms with Crippen LogP contribution >= 0.6 is 0 Å². The van der Waals surface area contributed by atoms with Gasteiger partial charge in [0.1, 0.15) is 22.9 Å². The summed E-state index contributed by atoms with van der Waals surface area (Å²) in [5.41, 5.74) is 3.02.